The Kier molecular flexibility index (Phi) is 6.43. The van der Waals surface area contributed by atoms with Crippen LogP contribution in [0.5, 0.6) is 0 Å². The van der Waals surface area contributed by atoms with Gasteiger partial charge in [-0.25, -0.2) is 0 Å². The first kappa shape index (κ1) is 22.1. The van der Waals surface area contributed by atoms with Gasteiger partial charge in [-0.15, -0.1) is 6.42 Å². The lowest BCUT2D eigenvalue weighted by Crippen LogP contribution is -2.23. The predicted octanol–water partition coefficient (Wildman–Crippen LogP) is 4.52. The first-order valence-electron chi connectivity index (χ1n) is 10.3. The van der Waals surface area contributed by atoms with Gasteiger partial charge in [0.05, 0.1) is 17.8 Å². The summed E-state index contributed by atoms with van der Waals surface area (Å²) < 4.78 is 0. The van der Waals surface area contributed by atoms with E-state index in [0.29, 0.717) is 27.5 Å². The van der Waals surface area contributed by atoms with E-state index >= 15 is 0 Å². The first-order valence-corrected chi connectivity index (χ1v) is 10.7. The summed E-state index contributed by atoms with van der Waals surface area (Å²) in [6.45, 7) is 1.65. The zero-order valence-electron chi connectivity index (χ0n) is 17.9. The normalized spacial score (nSPS) is 12.6. The molecular formula is C26H21ClN4O2. The van der Waals surface area contributed by atoms with E-state index in [0.717, 1.165) is 24.5 Å². The van der Waals surface area contributed by atoms with Gasteiger partial charge in [0.1, 0.15) is 5.84 Å². The summed E-state index contributed by atoms with van der Waals surface area (Å²) in [6, 6.07) is 18.8. The highest BCUT2D eigenvalue weighted by molar-refractivity contribution is 6.31. The molecule has 1 heterocycles. The van der Waals surface area contributed by atoms with Crippen molar-refractivity contribution in [3.05, 3.63) is 94.0 Å². The molecular weight excluding hydrogens is 436 g/mol. The van der Waals surface area contributed by atoms with Crippen molar-refractivity contribution in [1.82, 2.24) is 4.90 Å². The zero-order chi connectivity index (χ0) is 23.4. The maximum Gasteiger partial charge on any atom is 0.257 e. The van der Waals surface area contributed by atoms with E-state index in [1.165, 1.54) is 6.07 Å². The number of benzene rings is 3. The average molecular weight is 457 g/mol. The van der Waals surface area contributed by atoms with Gasteiger partial charge in [0.15, 0.2) is 0 Å². The van der Waals surface area contributed by atoms with E-state index < -0.39 is 5.91 Å². The molecule has 7 heteroatoms. The Hall–Kier alpha value is -4.08. The van der Waals surface area contributed by atoms with Crippen molar-refractivity contribution < 1.29 is 9.59 Å². The van der Waals surface area contributed by atoms with E-state index in [1.54, 1.807) is 48.5 Å². The Morgan fingerprint density at radius 3 is 2.36 bits per heavy atom. The summed E-state index contributed by atoms with van der Waals surface area (Å²) >= 11 is 6.12. The van der Waals surface area contributed by atoms with E-state index in [-0.39, 0.29) is 11.5 Å². The molecule has 2 amide bonds. The maximum atomic E-state index is 12.9. The fourth-order valence-corrected chi connectivity index (χ4v) is 3.64. The van der Waals surface area contributed by atoms with Gasteiger partial charge in [-0.05, 0) is 54.6 Å². The fraction of sp³-hybridized carbons (Fsp3) is 0.115. The van der Waals surface area contributed by atoms with Crippen LogP contribution in [0.15, 0.2) is 71.7 Å². The van der Waals surface area contributed by atoms with Gasteiger partial charge in [-0.1, -0.05) is 29.7 Å². The maximum absolute atomic E-state index is 12.9. The molecule has 0 unspecified atom stereocenters. The van der Waals surface area contributed by atoms with E-state index in [2.05, 4.69) is 26.4 Å². The number of anilines is 2. The second-order valence-electron chi connectivity index (χ2n) is 7.52. The number of carbonyl (C=O) groups excluding carboxylic acids is 2. The lowest BCUT2D eigenvalue weighted by atomic mass is 10.1. The number of rotatable bonds is 5. The van der Waals surface area contributed by atoms with Crippen LogP contribution in [0.25, 0.3) is 0 Å². The molecule has 2 N–H and O–H groups in total. The molecule has 3 aromatic carbocycles. The summed E-state index contributed by atoms with van der Waals surface area (Å²) in [5, 5.41) is 5.99. The molecule has 0 aromatic heterocycles. The highest BCUT2D eigenvalue weighted by Crippen LogP contribution is 2.23. The van der Waals surface area contributed by atoms with Gasteiger partial charge in [0.2, 0.25) is 0 Å². The van der Waals surface area contributed by atoms with E-state index in [4.69, 9.17) is 18.0 Å². The highest BCUT2D eigenvalue weighted by atomic mass is 35.5. The molecule has 0 saturated heterocycles. The number of likely N-dealkylation sites (N-methyl/N-ethyl adjacent to an activating group) is 1. The van der Waals surface area contributed by atoms with Crippen LogP contribution >= 0.6 is 11.6 Å². The number of aliphatic imine (C=N–C) groups is 1. The van der Waals surface area contributed by atoms with E-state index in [1.807, 2.05) is 19.2 Å². The predicted molar refractivity (Wildman–Crippen MR) is 132 cm³/mol. The Balaban J connectivity index is 1.51. The molecule has 0 atom stereocenters. The van der Waals surface area contributed by atoms with Gasteiger partial charge in [0, 0.05) is 41.0 Å². The van der Waals surface area contributed by atoms with Crippen molar-refractivity contribution in [3.63, 3.8) is 0 Å². The van der Waals surface area contributed by atoms with Gasteiger partial charge in [-0.3, -0.25) is 14.6 Å². The quantitative estimate of drug-likeness (QED) is 0.554. The first-order chi connectivity index (χ1) is 15.9. The summed E-state index contributed by atoms with van der Waals surface area (Å²) in [5.74, 6) is 2.70. The summed E-state index contributed by atoms with van der Waals surface area (Å²) in [6.07, 6.45) is 5.37. The minimum absolute atomic E-state index is 0.246. The van der Waals surface area contributed by atoms with E-state index in [9.17, 15) is 9.59 Å². The van der Waals surface area contributed by atoms with Gasteiger partial charge < -0.3 is 15.5 Å². The molecule has 0 aliphatic carbocycles. The molecule has 0 bridgehead atoms. The smallest absolute Gasteiger partial charge is 0.257 e. The van der Waals surface area contributed by atoms with Gasteiger partial charge in [-0.2, -0.15) is 0 Å². The number of terminal acetylenes is 1. The van der Waals surface area contributed by atoms with Crippen LogP contribution in [-0.2, 0) is 0 Å². The van der Waals surface area contributed by atoms with Crippen LogP contribution in [0.2, 0.25) is 5.02 Å². The van der Waals surface area contributed by atoms with Crippen LogP contribution in [0.3, 0.4) is 0 Å². The summed E-state index contributed by atoms with van der Waals surface area (Å²) in [7, 11) is 1.99. The third kappa shape index (κ3) is 5.05. The molecule has 164 valence electrons. The van der Waals surface area contributed by atoms with Crippen LogP contribution < -0.4 is 10.6 Å². The van der Waals surface area contributed by atoms with Crippen LogP contribution in [0, 0.1) is 12.3 Å². The molecule has 3 aromatic rings. The molecule has 0 radical (unpaired) electrons. The third-order valence-electron chi connectivity index (χ3n) is 5.25. The van der Waals surface area contributed by atoms with Crippen molar-refractivity contribution in [2.24, 2.45) is 4.99 Å². The number of amidine groups is 1. The number of hydrogen-bond donors (Lipinski definition) is 2. The zero-order valence-corrected chi connectivity index (χ0v) is 18.7. The molecule has 6 nitrogen and oxygen atoms in total. The third-order valence-corrected chi connectivity index (χ3v) is 5.48. The Bertz CT molecular complexity index is 1280. The SMILES string of the molecule is C#Cc1ccc(NC(=O)c2cc(Cl)ccc2NC(=O)c2ccc(C3=NCCN3C)cc2)cc1. The number of nitrogens with zero attached hydrogens (tertiary/aromatic N) is 2. The van der Waals surface area contributed by atoms with Crippen LogP contribution in [0.1, 0.15) is 31.8 Å². The number of nitrogens with one attached hydrogen (secondary N) is 2. The molecule has 0 spiro atoms. The van der Waals surface area contributed by atoms with Gasteiger partial charge >= 0.3 is 0 Å². The Morgan fingerprint density at radius 1 is 1.00 bits per heavy atom. The standard InChI is InChI=1S/C26H21ClN4O2/c1-3-17-4-11-21(12-5-17)29-26(33)22-16-20(27)10-13-23(22)30-25(32)19-8-6-18(7-9-19)24-28-14-15-31(24)2/h1,4-13,16H,14-15H2,2H3,(H,29,33)(H,30,32). The van der Waals surface area contributed by atoms with Crippen molar-refractivity contribution >= 4 is 40.6 Å². The number of carbonyl (C=O) groups is 2. The molecule has 0 fully saturated rings. The number of hydrogen-bond acceptors (Lipinski definition) is 4. The lowest BCUT2D eigenvalue weighted by molar-refractivity contribution is 0.102. The van der Waals surface area contributed by atoms with Crippen molar-refractivity contribution in [2.75, 3.05) is 30.8 Å². The van der Waals surface area contributed by atoms with Gasteiger partial charge in [0.25, 0.3) is 11.8 Å². The van der Waals surface area contributed by atoms with Crippen LogP contribution in [0.4, 0.5) is 11.4 Å². The molecule has 33 heavy (non-hydrogen) atoms. The Morgan fingerprint density at radius 2 is 1.73 bits per heavy atom. The van der Waals surface area contributed by atoms with Crippen molar-refractivity contribution in [3.8, 4) is 12.3 Å². The number of halogens is 1. The molecule has 1 aliphatic heterocycles. The second kappa shape index (κ2) is 9.60. The summed E-state index contributed by atoms with van der Waals surface area (Å²) in [4.78, 5) is 32.3. The molecule has 0 saturated carbocycles. The minimum atomic E-state index is -0.404. The van der Waals surface area contributed by atoms with Crippen LogP contribution in [-0.4, -0.2) is 42.7 Å². The molecule has 1 aliphatic rings. The second-order valence-corrected chi connectivity index (χ2v) is 7.96. The lowest BCUT2D eigenvalue weighted by Gasteiger charge is -2.14. The average Bonchev–Trinajstić information content (AvgIpc) is 3.26. The van der Waals surface area contributed by atoms with Crippen molar-refractivity contribution in [1.29, 1.82) is 0 Å². The highest BCUT2D eigenvalue weighted by Gasteiger charge is 2.17. The Labute approximate surface area is 197 Å². The molecule has 4 rings (SSSR count). The minimum Gasteiger partial charge on any atom is -0.358 e. The fourth-order valence-electron chi connectivity index (χ4n) is 3.47. The monoisotopic (exact) mass is 456 g/mol. The largest absolute Gasteiger partial charge is 0.358 e. The van der Waals surface area contributed by atoms with Crippen molar-refractivity contribution in [2.45, 2.75) is 0 Å². The number of amides is 2. The topological polar surface area (TPSA) is 73.8 Å². The summed E-state index contributed by atoms with van der Waals surface area (Å²) in [5.41, 5.74) is 3.30.